The highest BCUT2D eigenvalue weighted by Gasteiger charge is 2.30. The molecule has 1 fully saturated rings. The smallest absolute Gasteiger partial charge is 0.272 e. The molecule has 32 heavy (non-hydrogen) atoms. The number of hydrogen-bond acceptors (Lipinski definition) is 4. The number of aromatic nitrogens is 3. The zero-order valence-corrected chi connectivity index (χ0v) is 19.1. The number of amides is 1. The van der Waals surface area contributed by atoms with Crippen LogP contribution in [0.3, 0.4) is 0 Å². The molecule has 4 aromatic rings. The summed E-state index contributed by atoms with van der Waals surface area (Å²) in [5, 5.41) is 1.27. The zero-order chi connectivity index (χ0) is 22.2. The SMILES string of the molecule is Cc1nc2ccc(Cl)cn2c1C(=O)N1CCC[C@@H](c2ncc(Cc3ccc(Cl)cc3)o2)C1. The highest BCUT2D eigenvalue weighted by Crippen LogP contribution is 2.29. The molecule has 0 unspecified atom stereocenters. The fourth-order valence-electron chi connectivity index (χ4n) is 4.30. The zero-order valence-electron chi connectivity index (χ0n) is 17.6. The second-order valence-corrected chi connectivity index (χ2v) is 9.05. The fourth-order valence-corrected chi connectivity index (χ4v) is 4.59. The fraction of sp³-hybridized carbons (Fsp3) is 0.292. The minimum absolute atomic E-state index is 0.0464. The van der Waals surface area contributed by atoms with E-state index in [1.807, 2.05) is 42.2 Å². The Morgan fingerprint density at radius 3 is 2.75 bits per heavy atom. The van der Waals surface area contributed by atoms with Crippen LogP contribution in [-0.2, 0) is 6.42 Å². The molecule has 5 rings (SSSR count). The Labute approximate surface area is 195 Å². The van der Waals surface area contributed by atoms with E-state index in [1.54, 1.807) is 22.9 Å². The minimum Gasteiger partial charge on any atom is -0.445 e. The molecule has 1 atom stereocenters. The highest BCUT2D eigenvalue weighted by atomic mass is 35.5. The number of pyridine rings is 1. The Bertz CT molecular complexity index is 1280. The van der Waals surface area contributed by atoms with Crippen molar-refractivity contribution in [3.05, 3.63) is 87.4 Å². The van der Waals surface area contributed by atoms with E-state index in [1.165, 1.54) is 0 Å². The molecule has 0 spiro atoms. The highest BCUT2D eigenvalue weighted by molar-refractivity contribution is 6.30. The number of nitrogens with zero attached hydrogens (tertiary/aromatic N) is 4. The molecular formula is C24H22Cl2N4O2. The minimum atomic E-state index is -0.0464. The average Bonchev–Trinajstić information content (AvgIpc) is 3.38. The van der Waals surface area contributed by atoms with Gasteiger partial charge in [0.2, 0.25) is 0 Å². The quantitative estimate of drug-likeness (QED) is 0.393. The van der Waals surface area contributed by atoms with E-state index in [2.05, 4.69) is 9.97 Å². The van der Waals surface area contributed by atoms with E-state index in [0.717, 1.165) is 24.2 Å². The van der Waals surface area contributed by atoms with Gasteiger partial charge in [0.25, 0.3) is 5.91 Å². The van der Waals surface area contributed by atoms with E-state index in [4.69, 9.17) is 27.6 Å². The largest absolute Gasteiger partial charge is 0.445 e. The molecule has 0 N–H and O–H groups in total. The number of carbonyl (C=O) groups excluding carboxylic acids is 1. The Kier molecular flexibility index (Phi) is 5.66. The van der Waals surface area contributed by atoms with Gasteiger partial charge >= 0.3 is 0 Å². The van der Waals surface area contributed by atoms with Crippen LogP contribution in [-0.4, -0.2) is 38.3 Å². The Morgan fingerprint density at radius 1 is 1.16 bits per heavy atom. The summed E-state index contributed by atoms with van der Waals surface area (Å²) in [6.45, 7) is 3.11. The second-order valence-electron chi connectivity index (χ2n) is 8.18. The molecular weight excluding hydrogens is 447 g/mol. The molecule has 164 valence electrons. The van der Waals surface area contributed by atoms with Crippen molar-refractivity contribution < 1.29 is 9.21 Å². The van der Waals surface area contributed by atoms with Gasteiger partial charge < -0.3 is 9.32 Å². The van der Waals surface area contributed by atoms with Crippen molar-refractivity contribution in [3.8, 4) is 0 Å². The van der Waals surface area contributed by atoms with Crippen molar-refractivity contribution in [1.82, 2.24) is 19.3 Å². The van der Waals surface area contributed by atoms with Gasteiger partial charge in [-0.3, -0.25) is 9.20 Å². The number of aryl methyl sites for hydroxylation is 1. The van der Waals surface area contributed by atoms with Gasteiger partial charge in [-0.05, 0) is 49.6 Å². The topological polar surface area (TPSA) is 63.6 Å². The molecule has 1 aliphatic rings. The summed E-state index contributed by atoms with van der Waals surface area (Å²) in [6, 6.07) is 11.3. The summed E-state index contributed by atoms with van der Waals surface area (Å²) < 4.78 is 7.85. The van der Waals surface area contributed by atoms with Crippen LogP contribution >= 0.6 is 23.2 Å². The Morgan fingerprint density at radius 2 is 1.94 bits per heavy atom. The first-order valence-corrected chi connectivity index (χ1v) is 11.4. The predicted octanol–water partition coefficient (Wildman–Crippen LogP) is 5.55. The van der Waals surface area contributed by atoms with Crippen molar-refractivity contribution in [3.63, 3.8) is 0 Å². The lowest BCUT2D eigenvalue weighted by Gasteiger charge is -2.31. The van der Waals surface area contributed by atoms with E-state index >= 15 is 0 Å². The number of fused-ring (bicyclic) bond motifs is 1. The van der Waals surface area contributed by atoms with Crippen LogP contribution in [0.1, 0.15) is 52.2 Å². The van der Waals surface area contributed by atoms with Crippen LogP contribution in [0.15, 0.2) is 53.2 Å². The number of oxazole rings is 1. The van der Waals surface area contributed by atoms with Crippen molar-refractivity contribution in [2.75, 3.05) is 13.1 Å². The number of halogens is 2. The molecule has 0 radical (unpaired) electrons. The van der Waals surface area contributed by atoms with Crippen molar-refractivity contribution in [2.24, 2.45) is 0 Å². The lowest BCUT2D eigenvalue weighted by Crippen LogP contribution is -2.40. The van der Waals surface area contributed by atoms with Crippen LogP contribution in [0.5, 0.6) is 0 Å². The van der Waals surface area contributed by atoms with Gasteiger partial charge in [-0.2, -0.15) is 0 Å². The molecule has 1 aromatic carbocycles. The lowest BCUT2D eigenvalue weighted by atomic mass is 9.97. The maximum atomic E-state index is 13.4. The molecule has 1 saturated heterocycles. The molecule has 0 bridgehead atoms. The monoisotopic (exact) mass is 468 g/mol. The number of carbonyl (C=O) groups is 1. The summed E-state index contributed by atoms with van der Waals surface area (Å²) in [7, 11) is 0. The third-order valence-corrected chi connectivity index (χ3v) is 6.36. The first kappa shape index (κ1) is 21.0. The van der Waals surface area contributed by atoms with E-state index in [0.29, 0.717) is 52.5 Å². The first-order chi connectivity index (χ1) is 15.5. The van der Waals surface area contributed by atoms with Crippen molar-refractivity contribution in [1.29, 1.82) is 0 Å². The summed E-state index contributed by atoms with van der Waals surface area (Å²) in [5.74, 6) is 1.51. The second kappa shape index (κ2) is 8.60. The maximum Gasteiger partial charge on any atom is 0.272 e. The summed E-state index contributed by atoms with van der Waals surface area (Å²) in [4.78, 5) is 24.3. The number of benzene rings is 1. The van der Waals surface area contributed by atoms with Gasteiger partial charge in [0.05, 0.1) is 22.8 Å². The van der Waals surface area contributed by atoms with Gasteiger partial charge in [-0.15, -0.1) is 0 Å². The van der Waals surface area contributed by atoms with Crippen molar-refractivity contribution >= 4 is 34.8 Å². The molecule has 1 amide bonds. The standard InChI is InChI=1S/C24H22Cl2N4O2/c1-15-22(30-14-19(26)8-9-21(30)28-15)24(31)29-10-2-3-17(13-29)23-27-12-20(32-23)11-16-4-6-18(25)7-5-16/h4-9,12,14,17H,2-3,10-11,13H2,1H3/t17-/m1/s1. The van der Waals surface area contributed by atoms with Crippen LogP contribution in [0.4, 0.5) is 0 Å². The van der Waals surface area contributed by atoms with E-state index in [9.17, 15) is 4.79 Å². The van der Waals surface area contributed by atoms with Crippen molar-refractivity contribution in [2.45, 2.75) is 32.1 Å². The van der Waals surface area contributed by atoms with Gasteiger partial charge in [0.1, 0.15) is 17.1 Å². The third kappa shape index (κ3) is 4.12. The Hall–Kier alpha value is -2.83. The Balaban J connectivity index is 1.33. The van der Waals surface area contributed by atoms with Gasteiger partial charge in [0.15, 0.2) is 5.89 Å². The summed E-state index contributed by atoms with van der Waals surface area (Å²) >= 11 is 12.1. The van der Waals surface area contributed by atoms with Crippen LogP contribution < -0.4 is 0 Å². The first-order valence-electron chi connectivity index (χ1n) is 10.6. The van der Waals surface area contributed by atoms with Gasteiger partial charge in [0, 0.05) is 30.7 Å². The predicted molar refractivity (Wildman–Crippen MR) is 124 cm³/mol. The molecule has 6 nitrogen and oxygen atoms in total. The number of likely N-dealkylation sites (tertiary alicyclic amines) is 1. The number of hydrogen-bond donors (Lipinski definition) is 0. The van der Waals surface area contributed by atoms with E-state index in [-0.39, 0.29) is 11.8 Å². The normalized spacial score (nSPS) is 16.6. The molecule has 1 aliphatic heterocycles. The molecule has 8 heteroatoms. The average molecular weight is 469 g/mol. The van der Waals surface area contributed by atoms with Gasteiger partial charge in [-0.25, -0.2) is 9.97 Å². The molecule has 0 saturated carbocycles. The third-order valence-electron chi connectivity index (χ3n) is 5.88. The molecule has 0 aliphatic carbocycles. The van der Waals surface area contributed by atoms with Gasteiger partial charge in [-0.1, -0.05) is 35.3 Å². The van der Waals surface area contributed by atoms with E-state index < -0.39 is 0 Å². The lowest BCUT2D eigenvalue weighted by molar-refractivity contribution is 0.0690. The maximum absolute atomic E-state index is 13.4. The number of rotatable bonds is 4. The van der Waals surface area contributed by atoms with Crippen LogP contribution in [0.2, 0.25) is 10.0 Å². The number of piperidine rings is 1. The molecule has 3 aromatic heterocycles. The summed E-state index contributed by atoms with van der Waals surface area (Å²) in [6.07, 6.45) is 6.00. The summed E-state index contributed by atoms with van der Waals surface area (Å²) in [5.41, 5.74) is 3.07. The number of imidazole rings is 1. The van der Waals surface area contributed by atoms with Crippen LogP contribution in [0.25, 0.3) is 5.65 Å². The van der Waals surface area contributed by atoms with Crippen LogP contribution in [0, 0.1) is 6.92 Å². The molecule has 4 heterocycles.